The smallest absolute Gasteiger partial charge is 0.315 e. The molecule has 2 atom stereocenters. The van der Waals surface area contributed by atoms with Crippen molar-refractivity contribution in [3.63, 3.8) is 0 Å². The lowest BCUT2D eigenvalue weighted by atomic mass is 9.85. The van der Waals surface area contributed by atoms with E-state index in [4.69, 9.17) is 0 Å². The third kappa shape index (κ3) is 7.03. The molecular formula is C23H36N4O2. The number of piperidine rings is 1. The molecule has 0 radical (unpaired) electrons. The molecule has 0 bridgehead atoms. The van der Waals surface area contributed by atoms with Gasteiger partial charge in [-0.25, -0.2) is 4.79 Å². The van der Waals surface area contributed by atoms with Gasteiger partial charge in [-0.2, -0.15) is 0 Å². The average Bonchev–Trinajstić information content (AvgIpc) is 2.70. The van der Waals surface area contributed by atoms with E-state index in [1.807, 2.05) is 19.9 Å². The fourth-order valence-corrected chi connectivity index (χ4v) is 4.45. The second-order valence-corrected chi connectivity index (χ2v) is 8.88. The van der Waals surface area contributed by atoms with Gasteiger partial charge in [-0.3, -0.25) is 9.69 Å². The Bertz CT molecular complexity index is 656. The Kier molecular flexibility index (Phi) is 7.92. The van der Waals surface area contributed by atoms with E-state index in [-0.39, 0.29) is 36.0 Å². The Morgan fingerprint density at radius 2 is 1.69 bits per heavy atom. The van der Waals surface area contributed by atoms with Gasteiger partial charge >= 0.3 is 6.03 Å². The summed E-state index contributed by atoms with van der Waals surface area (Å²) in [5, 5.41) is 9.26. The van der Waals surface area contributed by atoms with E-state index < -0.39 is 0 Å². The molecule has 1 heterocycles. The van der Waals surface area contributed by atoms with Gasteiger partial charge in [0, 0.05) is 43.7 Å². The van der Waals surface area contributed by atoms with E-state index in [1.165, 1.54) is 5.56 Å². The first-order chi connectivity index (χ1) is 14.0. The summed E-state index contributed by atoms with van der Waals surface area (Å²) in [5.41, 5.74) is 1.34. The summed E-state index contributed by atoms with van der Waals surface area (Å²) >= 11 is 0. The first-order valence-corrected chi connectivity index (χ1v) is 11.1. The molecule has 1 aromatic rings. The SMILES string of the molecule is CC(C)NC(=O)C1CCCC(NC(=O)NC2CCN(Cc3ccccc3)CC2)C1. The number of carbonyl (C=O) groups excluding carboxylic acids is 2. The molecule has 1 saturated carbocycles. The Morgan fingerprint density at radius 1 is 1.00 bits per heavy atom. The number of benzene rings is 1. The standard InChI is InChI=1S/C23H36N4O2/c1-17(2)24-22(28)19-9-6-10-21(15-19)26-23(29)25-20-11-13-27(14-12-20)16-18-7-4-3-5-8-18/h3-5,7-8,17,19-21H,6,9-16H2,1-2H3,(H,24,28)(H2,25,26,29). The quantitative estimate of drug-likeness (QED) is 0.687. The van der Waals surface area contributed by atoms with Gasteiger partial charge in [0.2, 0.25) is 5.91 Å². The van der Waals surface area contributed by atoms with Gasteiger partial charge in [-0.15, -0.1) is 0 Å². The Hall–Kier alpha value is -2.08. The summed E-state index contributed by atoms with van der Waals surface area (Å²) in [7, 11) is 0. The molecule has 160 valence electrons. The van der Waals surface area contributed by atoms with Crippen molar-refractivity contribution in [2.75, 3.05) is 13.1 Å². The number of hydrogen-bond acceptors (Lipinski definition) is 3. The van der Waals surface area contributed by atoms with Crippen molar-refractivity contribution in [1.29, 1.82) is 0 Å². The number of likely N-dealkylation sites (tertiary alicyclic amines) is 1. The number of carbonyl (C=O) groups is 2. The van der Waals surface area contributed by atoms with Crippen molar-refractivity contribution in [1.82, 2.24) is 20.9 Å². The Labute approximate surface area is 174 Å². The fraction of sp³-hybridized carbons (Fsp3) is 0.652. The predicted molar refractivity (Wildman–Crippen MR) is 115 cm³/mol. The van der Waals surface area contributed by atoms with Gasteiger partial charge in [0.15, 0.2) is 0 Å². The van der Waals surface area contributed by atoms with Crippen LogP contribution >= 0.6 is 0 Å². The second kappa shape index (κ2) is 10.6. The van der Waals surface area contributed by atoms with E-state index in [9.17, 15) is 9.59 Å². The van der Waals surface area contributed by atoms with Gasteiger partial charge in [-0.05, 0) is 51.5 Å². The maximum absolute atomic E-state index is 12.5. The summed E-state index contributed by atoms with van der Waals surface area (Å²) in [6, 6.07) is 10.9. The first-order valence-electron chi connectivity index (χ1n) is 11.1. The molecule has 1 aromatic carbocycles. The largest absolute Gasteiger partial charge is 0.354 e. The highest BCUT2D eigenvalue weighted by Gasteiger charge is 2.29. The molecule has 2 unspecified atom stereocenters. The van der Waals surface area contributed by atoms with E-state index in [2.05, 4.69) is 45.1 Å². The zero-order valence-electron chi connectivity index (χ0n) is 17.8. The van der Waals surface area contributed by atoms with Crippen LogP contribution in [0.15, 0.2) is 30.3 Å². The van der Waals surface area contributed by atoms with Crippen molar-refractivity contribution < 1.29 is 9.59 Å². The minimum absolute atomic E-state index is 0.0117. The van der Waals surface area contributed by atoms with Crippen LogP contribution in [0, 0.1) is 5.92 Å². The molecule has 6 heteroatoms. The van der Waals surface area contributed by atoms with E-state index in [1.54, 1.807) is 0 Å². The topological polar surface area (TPSA) is 73.5 Å². The van der Waals surface area contributed by atoms with Crippen molar-refractivity contribution >= 4 is 11.9 Å². The van der Waals surface area contributed by atoms with Crippen LogP contribution in [0.4, 0.5) is 4.79 Å². The van der Waals surface area contributed by atoms with Crippen LogP contribution in [-0.2, 0) is 11.3 Å². The molecule has 2 fully saturated rings. The molecule has 2 aliphatic rings. The van der Waals surface area contributed by atoms with E-state index >= 15 is 0 Å². The highest BCUT2D eigenvalue weighted by atomic mass is 16.2. The monoisotopic (exact) mass is 400 g/mol. The molecule has 3 amide bonds. The highest BCUT2D eigenvalue weighted by molar-refractivity contribution is 5.79. The lowest BCUT2D eigenvalue weighted by molar-refractivity contribution is -0.126. The maximum Gasteiger partial charge on any atom is 0.315 e. The summed E-state index contributed by atoms with van der Waals surface area (Å²) in [5.74, 6) is 0.135. The first kappa shape index (κ1) is 21.6. The lowest BCUT2D eigenvalue weighted by Crippen LogP contribution is -2.51. The lowest BCUT2D eigenvalue weighted by Gasteiger charge is -2.33. The van der Waals surface area contributed by atoms with Crippen molar-refractivity contribution in [2.45, 2.75) is 77.0 Å². The van der Waals surface area contributed by atoms with Gasteiger partial charge < -0.3 is 16.0 Å². The molecule has 6 nitrogen and oxygen atoms in total. The van der Waals surface area contributed by atoms with Crippen LogP contribution < -0.4 is 16.0 Å². The van der Waals surface area contributed by atoms with Crippen LogP contribution in [0.1, 0.15) is 57.9 Å². The zero-order valence-corrected chi connectivity index (χ0v) is 17.8. The predicted octanol–water partition coefficient (Wildman–Crippen LogP) is 3.03. The van der Waals surface area contributed by atoms with Crippen LogP contribution in [0.3, 0.4) is 0 Å². The maximum atomic E-state index is 12.5. The summed E-state index contributed by atoms with van der Waals surface area (Å²) < 4.78 is 0. The number of nitrogens with zero attached hydrogens (tertiary/aromatic N) is 1. The summed E-state index contributed by atoms with van der Waals surface area (Å²) in [4.78, 5) is 27.2. The Balaban J connectivity index is 1.37. The van der Waals surface area contributed by atoms with Crippen LogP contribution in [-0.4, -0.2) is 48.1 Å². The summed E-state index contributed by atoms with van der Waals surface area (Å²) in [6.07, 6.45) is 5.54. The third-order valence-electron chi connectivity index (χ3n) is 5.98. The fourth-order valence-electron chi connectivity index (χ4n) is 4.45. The normalized spacial score (nSPS) is 23.6. The minimum atomic E-state index is -0.0820. The molecule has 3 N–H and O–H groups in total. The van der Waals surface area contributed by atoms with Crippen LogP contribution in [0.25, 0.3) is 0 Å². The number of hydrogen-bond donors (Lipinski definition) is 3. The van der Waals surface area contributed by atoms with Crippen molar-refractivity contribution in [3.8, 4) is 0 Å². The molecule has 1 saturated heterocycles. The van der Waals surface area contributed by atoms with Gasteiger partial charge in [0.1, 0.15) is 0 Å². The van der Waals surface area contributed by atoms with Crippen molar-refractivity contribution in [2.24, 2.45) is 5.92 Å². The highest BCUT2D eigenvalue weighted by Crippen LogP contribution is 2.24. The van der Waals surface area contributed by atoms with E-state index in [0.29, 0.717) is 0 Å². The second-order valence-electron chi connectivity index (χ2n) is 8.88. The minimum Gasteiger partial charge on any atom is -0.354 e. The number of nitrogens with one attached hydrogen (secondary N) is 3. The molecule has 3 rings (SSSR count). The van der Waals surface area contributed by atoms with Gasteiger partial charge in [0.05, 0.1) is 0 Å². The molecule has 1 aliphatic carbocycles. The molecule has 0 spiro atoms. The van der Waals surface area contributed by atoms with Crippen LogP contribution in [0.5, 0.6) is 0 Å². The summed E-state index contributed by atoms with van der Waals surface area (Å²) in [6.45, 7) is 6.94. The number of amides is 3. The Morgan fingerprint density at radius 3 is 2.38 bits per heavy atom. The average molecular weight is 401 g/mol. The molecular weight excluding hydrogens is 364 g/mol. The molecule has 0 aromatic heterocycles. The zero-order chi connectivity index (χ0) is 20.6. The van der Waals surface area contributed by atoms with Gasteiger partial charge in [-0.1, -0.05) is 36.8 Å². The molecule has 29 heavy (non-hydrogen) atoms. The van der Waals surface area contributed by atoms with Gasteiger partial charge in [0.25, 0.3) is 0 Å². The number of rotatable bonds is 6. The number of urea groups is 1. The third-order valence-corrected chi connectivity index (χ3v) is 5.98. The van der Waals surface area contributed by atoms with E-state index in [0.717, 1.165) is 58.2 Å². The van der Waals surface area contributed by atoms with Crippen molar-refractivity contribution in [3.05, 3.63) is 35.9 Å². The van der Waals surface area contributed by atoms with Crippen LogP contribution in [0.2, 0.25) is 0 Å². The molecule has 1 aliphatic heterocycles.